The monoisotopic (exact) mass is 386 g/mol. The summed E-state index contributed by atoms with van der Waals surface area (Å²) in [6.45, 7) is 4.40. The lowest BCUT2D eigenvalue weighted by atomic mass is 9.96. The number of nitrogens with zero attached hydrogens (tertiary/aromatic N) is 4. The molecule has 1 amide bonds. The predicted octanol–water partition coefficient (Wildman–Crippen LogP) is 1.13. The van der Waals surface area contributed by atoms with E-state index in [9.17, 15) is 13.2 Å². The Hall–Kier alpha value is -0.700. The van der Waals surface area contributed by atoms with Crippen molar-refractivity contribution in [1.29, 1.82) is 0 Å². The summed E-state index contributed by atoms with van der Waals surface area (Å²) in [7, 11) is -1.66. The summed E-state index contributed by atoms with van der Waals surface area (Å²) in [5.41, 5.74) is 0. The number of carbonyl (C=O) groups is 1. The molecule has 150 valence electrons. The van der Waals surface area contributed by atoms with Gasteiger partial charge in [-0.15, -0.1) is 0 Å². The van der Waals surface area contributed by atoms with E-state index in [0.29, 0.717) is 32.7 Å². The summed E-state index contributed by atoms with van der Waals surface area (Å²) in [6, 6.07) is 0.146. The minimum Gasteiger partial charge on any atom is -0.342 e. The zero-order valence-electron chi connectivity index (χ0n) is 16.1. The van der Waals surface area contributed by atoms with E-state index in [2.05, 4.69) is 4.90 Å². The van der Waals surface area contributed by atoms with E-state index in [-0.39, 0.29) is 11.9 Å². The highest BCUT2D eigenvalue weighted by atomic mass is 32.2. The predicted molar refractivity (Wildman–Crippen MR) is 102 cm³/mol. The number of piperidine rings is 1. The number of hydrogen-bond acceptors (Lipinski definition) is 4. The molecule has 0 unspecified atom stereocenters. The molecule has 3 rings (SSSR count). The molecule has 0 aromatic rings. The van der Waals surface area contributed by atoms with Crippen molar-refractivity contribution in [3.05, 3.63) is 0 Å². The average Bonchev–Trinajstić information content (AvgIpc) is 2.69. The van der Waals surface area contributed by atoms with Crippen molar-refractivity contribution in [2.45, 2.75) is 57.4 Å². The third kappa shape index (κ3) is 4.77. The summed E-state index contributed by atoms with van der Waals surface area (Å²) in [4.78, 5) is 16.5. The van der Waals surface area contributed by atoms with Gasteiger partial charge in [0.15, 0.2) is 0 Å². The SMILES string of the molecule is CN(C1CCCCC1)S(=O)(=O)N1CCN(CC(=O)N2CCCCC2)CC1. The Kier molecular flexibility index (Phi) is 6.93. The van der Waals surface area contributed by atoms with Gasteiger partial charge in [-0.2, -0.15) is 17.0 Å². The lowest BCUT2D eigenvalue weighted by Crippen LogP contribution is -2.55. The van der Waals surface area contributed by atoms with E-state index in [0.717, 1.165) is 51.6 Å². The Bertz CT molecular complexity index is 563. The third-order valence-electron chi connectivity index (χ3n) is 6.18. The van der Waals surface area contributed by atoms with Crippen molar-refractivity contribution in [2.75, 3.05) is 52.9 Å². The normalized spacial score (nSPS) is 24.9. The zero-order valence-corrected chi connectivity index (χ0v) is 16.9. The van der Waals surface area contributed by atoms with Crippen molar-refractivity contribution < 1.29 is 13.2 Å². The summed E-state index contributed by atoms with van der Waals surface area (Å²) >= 11 is 0. The number of hydrogen-bond donors (Lipinski definition) is 0. The Labute approximate surface area is 158 Å². The lowest BCUT2D eigenvalue weighted by Gasteiger charge is -2.39. The smallest absolute Gasteiger partial charge is 0.282 e. The molecule has 3 aliphatic rings. The first-order chi connectivity index (χ1) is 12.5. The first-order valence-corrected chi connectivity index (χ1v) is 11.6. The number of likely N-dealkylation sites (tertiary alicyclic amines) is 1. The van der Waals surface area contributed by atoms with E-state index in [1.165, 1.54) is 12.8 Å². The van der Waals surface area contributed by atoms with Crippen molar-refractivity contribution in [3.8, 4) is 0 Å². The second-order valence-corrected chi connectivity index (χ2v) is 9.92. The minimum atomic E-state index is -3.39. The maximum absolute atomic E-state index is 12.9. The van der Waals surface area contributed by atoms with Crippen LogP contribution in [0.2, 0.25) is 0 Å². The van der Waals surface area contributed by atoms with Crippen LogP contribution in [0, 0.1) is 0 Å². The molecule has 0 radical (unpaired) electrons. The molecule has 0 spiro atoms. The first-order valence-electron chi connectivity index (χ1n) is 10.2. The number of amides is 1. The number of carbonyl (C=O) groups excluding carboxylic acids is 1. The molecule has 7 nitrogen and oxygen atoms in total. The molecular weight excluding hydrogens is 352 g/mol. The van der Waals surface area contributed by atoms with Gasteiger partial charge < -0.3 is 4.90 Å². The molecule has 2 saturated heterocycles. The van der Waals surface area contributed by atoms with Crippen LogP contribution < -0.4 is 0 Å². The van der Waals surface area contributed by atoms with Crippen molar-refractivity contribution in [2.24, 2.45) is 0 Å². The highest BCUT2D eigenvalue weighted by molar-refractivity contribution is 7.86. The number of rotatable bonds is 5. The molecule has 2 heterocycles. The molecule has 2 aliphatic heterocycles. The van der Waals surface area contributed by atoms with Gasteiger partial charge in [-0.3, -0.25) is 9.69 Å². The van der Waals surface area contributed by atoms with Crippen LogP contribution >= 0.6 is 0 Å². The molecule has 0 aromatic carbocycles. The lowest BCUT2D eigenvalue weighted by molar-refractivity contribution is -0.133. The van der Waals surface area contributed by atoms with Crippen LogP contribution in [0.5, 0.6) is 0 Å². The molecule has 0 bridgehead atoms. The van der Waals surface area contributed by atoms with Crippen LogP contribution in [0.25, 0.3) is 0 Å². The van der Waals surface area contributed by atoms with Crippen LogP contribution in [0.4, 0.5) is 0 Å². The quantitative estimate of drug-likeness (QED) is 0.710. The van der Waals surface area contributed by atoms with Gasteiger partial charge in [0, 0.05) is 52.4 Å². The van der Waals surface area contributed by atoms with Crippen LogP contribution in [0.15, 0.2) is 0 Å². The summed E-state index contributed by atoms with van der Waals surface area (Å²) in [5, 5.41) is 0. The third-order valence-corrected chi connectivity index (χ3v) is 8.22. The fourth-order valence-electron chi connectivity index (χ4n) is 4.37. The highest BCUT2D eigenvalue weighted by Crippen LogP contribution is 2.25. The molecule has 8 heteroatoms. The van der Waals surface area contributed by atoms with Gasteiger partial charge in [-0.1, -0.05) is 19.3 Å². The van der Waals surface area contributed by atoms with Crippen LogP contribution in [-0.2, 0) is 15.0 Å². The second-order valence-electron chi connectivity index (χ2n) is 7.93. The van der Waals surface area contributed by atoms with E-state index in [4.69, 9.17) is 0 Å². The fraction of sp³-hybridized carbons (Fsp3) is 0.944. The largest absolute Gasteiger partial charge is 0.342 e. The maximum Gasteiger partial charge on any atom is 0.282 e. The van der Waals surface area contributed by atoms with Crippen LogP contribution in [0.1, 0.15) is 51.4 Å². The molecule has 1 aliphatic carbocycles. The summed E-state index contributed by atoms with van der Waals surface area (Å²) in [6.07, 6.45) is 8.83. The topological polar surface area (TPSA) is 64.2 Å². The minimum absolute atomic E-state index is 0.146. The highest BCUT2D eigenvalue weighted by Gasteiger charge is 2.35. The standard InChI is InChI=1S/C18H34N4O3S/c1-19(17-8-4-2-5-9-17)26(24,25)22-14-12-20(13-15-22)16-18(23)21-10-6-3-7-11-21/h17H,2-16H2,1H3. The second kappa shape index (κ2) is 8.99. The molecule has 0 atom stereocenters. The first kappa shape index (κ1) is 20.0. The fourth-order valence-corrected chi connectivity index (χ4v) is 5.94. The average molecular weight is 387 g/mol. The van der Waals surface area contributed by atoms with Gasteiger partial charge in [-0.25, -0.2) is 0 Å². The molecule has 26 heavy (non-hydrogen) atoms. The van der Waals surface area contributed by atoms with Gasteiger partial charge in [0.25, 0.3) is 10.2 Å². The Morgan fingerprint density at radius 3 is 2.08 bits per heavy atom. The van der Waals surface area contributed by atoms with E-state index in [1.54, 1.807) is 15.7 Å². The molecule has 1 saturated carbocycles. The van der Waals surface area contributed by atoms with Gasteiger partial charge in [0.2, 0.25) is 5.91 Å². The van der Waals surface area contributed by atoms with E-state index < -0.39 is 10.2 Å². The molecule has 3 fully saturated rings. The zero-order chi connectivity index (χ0) is 18.6. The van der Waals surface area contributed by atoms with Gasteiger partial charge in [0.1, 0.15) is 0 Å². The molecule has 0 aromatic heterocycles. The van der Waals surface area contributed by atoms with Crippen LogP contribution in [0.3, 0.4) is 0 Å². The van der Waals surface area contributed by atoms with Gasteiger partial charge in [0.05, 0.1) is 6.54 Å². The van der Waals surface area contributed by atoms with Gasteiger partial charge in [-0.05, 0) is 32.1 Å². The molecule has 0 N–H and O–H groups in total. The Morgan fingerprint density at radius 1 is 0.885 bits per heavy atom. The van der Waals surface area contributed by atoms with Gasteiger partial charge >= 0.3 is 0 Å². The van der Waals surface area contributed by atoms with Crippen molar-refractivity contribution in [1.82, 2.24) is 18.4 Å². The van der Waals surface area contributed by atoms with Crippen molar-refractivity contribution in [3.63, 3.8) is 0 Å². The Morgan fingerprint density at radius 2 is 1.46 bits per heavy atom. The molecular formula is C18H34N4O3S. The van der Waals surface area contributed by atoms with E-state index in [1.807, 2.05) is 4.90 Å². The maximum atomic E-state index is 12.9. The van der Waals surface area contributed by atoms with E-state index >= 15 is 0 Å². The van der Waals surface area contributed by atoms with Crippen LogP contribution in [-0.4, -0.2) is 91.6 Å². The van der Waals surface area contributed by atoms with Crippen molar-refractivity contribution >= 4 is 16.1 Å². The number of piperazine rings is 1. The summed E-state index contributed by atoms with van der Waals surface area (Å²) in [5.74, 6) is 0.195. The Balaban J connectivity index is 1.48. The summed E-state index contributed by atoms with van der Waals surface area (Å²) < 4.78 is 29.0.